The molecule has 25 heavy (non-hydrogen) atoms. The highest BCUT2D eigenvalue weighted by Crippen LogP contribution is 2.18. The van der Waals surface area contributed by atoms with Gasteiger partial charge in [0.25, 0.3) is 0 Å². The molecule has 1 aromatic rings. The van der Waals surface area contributed by atoms with Gasteiger partial charge in [0.15, 0.2) is 0 Å². The summed E-state index contributed by atoms with van der Waals surface area (Å²) >= 11 is 0. The predicted octanol–water partition coefficient (Wildman–Crippen LogP) is 2.23. The molecule has 0 aliphatic carbocycles. The third-order valence-corrected chi connectivity index (χ3v) is 4.82. The van der Waals surface area contributed by atoms with Gasteiger partial charge in [-0.1, -0.05) is 44.2 Å². The van der Waals surface area contributed by atoms with Gasteiger partial charge in [-0.2, -0.15) is 0 Å². The van der Waals surface area contributed by atoms with Gasteiger partial charge < -0.3 is 20.3 Å². The van der Waals surface area contributed by atoms with Crippen LogP contribution in [-0.2, 0) is 16.1 Å². The molecule has 6 heteroatoms. The maximum Gasteiger partial charge on any atom is 0.410 e. The zero-order chi connectivity index (χ0) is 18.4. The van der Waals surface area contributed by atoms with E-state index >= 15 is 0 Å². The van der Waals surface area contributed by atoms with Crippen LogP contribution in [0.3, 0.4) is 0 Å². The average Bonchev–Trinajstić information content (AvgIpc) is 2.65. The average molecular weight is 347 g/mol. The number of ether oxygens (including phenoxy) is 1. The zero-order valence-corrected chi connectivity index (χ0v) is 15.4. The Morgan fingerprint density at radius 2 is 1.84 bits per heavy atom. The lowest BCUT2D eigenvalue weighted by molar-refractivity contribution is -0.135. The number of piperidine rings is 1. The van der Waals surface area contributed by atoms with E-state index in [1.165, 1.54) is 0 Å². The molecule has 6 nitrogen and oxygen atoms in total. The molecular weight excluding hydrogens is 318 g/mol. The molecule has 0 radical (unpaired) electrons. The largest absolute Gasteiger partial charge is 0.445 e. The van der Waals surface area contributed by atoms with Crippen LogP contribution in [0, 0.1) is 5.92 Å². The normalized spacial score (nSPS) is 16.6. The maximum atomic E-state index is 12.3. The van der Waals surface area contributed by atoms with Crippen molar-refractivity contribution in [2.45, 2.75) is 45.4 Å². The number of benzene rings is 1. The second-order valence-corrected chi connectivity index (χ2v) is 6.98. The van der Waals surface area contributed by atoms with E-state index < -0.39 is 6.04 Å². The summed E-state index contributed by atoms with van der Waals surface area (Å²) in [6.07, 6.45) is 1.16. The van der Waals surface area contributed by atoms with Gasteiger partial charge in [-0.3, -0.25) is 4.79 Å². The highest BCUT2D eigenvalue weighted by atomic mass is 16.6. The third-order valence-electron chi connectivity index (χ3n) is 4.82. The molecule has 1 aromatic carbocycles. The van der Waals surface area contributed by atoms with Gasteiger partial charge in [0.05, 0.1) is 6.04 Å². The first kappa shape index (κ1) is 19.2. The van der Waals surface area contributed by atoms with E-state index in [0.717, 1.165) is 18.4 Å². The van der Waals surface area contributed by atoms with E-state index in [1.807, 2.05) is 49.1 Å². The molecule has 0 saturated carbocycles. The molecule has 0 unspecified atom stereocenters. The summed E-state index contributed by atoms with van der Waals surface area (Å²) in [5.41, 5.74) is 6.92. The van der Waals surface area contributed by atoms with Crippen LogP contribution in [0.2, 0.25) is 0 Å². The van der Waals surface area contributed by atoms with Crippen molar-refractivity contribution in [1.82, 2.24) is 9.80 Å². The molecule has 2 rings (SSSR count). The number of carbonyl (C=O) groups is 2. The van der Waals surface area contributed by atoms with Gasteiger partial charge in [-0.25, -0.2) is 4.79 Å². The van der Waals surface area contributed by atoms with Crippen molar-refractivity contribution >= 4 is 12.0 Å². The minimum absolute atomic E-state index is 0.00255. The van der Waals surface area contributed by atoms with Gasteiger partial charge in [0.1, 0.15) is 6.61 Å². The molecule has 0 aromatic heterocycles. The minimum Gasteiger partial charge on any atom is -0.445 e. The van der Waals surface area contributed by atoms with Crippen LogP contribution in [0.1, 0.15) is 32.3 Å². The summed E-state index contributed by atoms with van der Waals surface area (Å²) in [7, 11) is 1.76. The smallest absolute Gasteiger partial charge is 0.410 e. The van der Waals surface area contributed by atoms with Crippen LogP contribution in [0.25, 0.3) is 0 Å². The number of amides is 2. The van der Waals surface area contributed by atoms with E-state index in [2.05, 4.69) is 0 Å². The summed E-state index contributed by atoms with van der Waals surface area (Å²) in [5, 5.41) is 0. The lowest BCUT2D eigenvalue weighted by Gasteiger charge is -2.37. The molecule has 2 N–H and O–H groups in total. The van der Waals surface area contributed by atoms with Gasteiger partial charge in [-0.05, 0) is 24.3 Å². The molecule has 138 valence electrons. The highest BCUT2D eigenvalue weighted by Gasteiger charge is 2.30. The fraction of sp³-hybridized carbons (Fsp3) is 0.579. The number of nitrogens with zero attached hydrogens (tertiary/aromatic N) is 2. The fourth-order valence-electron chi connectivity index (χ4n) is 2.94. The van der Waals surface area contributed by atoms with Crippen LogP contribution in [-0.4, -0.2) is 54.0 Å². The van der Waals surface area contributed by atoms with Crippen molar-refractivity contribution in [1.29, 1.82) is 0 Å². The Kier molecular flexibility index (Phi) is 6.82. The van der Waals surface area contributed by atoms with Crippen molar-refractivity contribution in [3.8, 4) is 0 Å². The maximum absolute atomic E-state index is 12.3. The molecule has 1 atom stereocenters. The third kappa shape index (κ3) is 5.19. The molecule has 1 heterocycles. The van der Waals surface area contributed by atoms with Crippen molar-refractivity contribution in [3.63, 3.8) is 0 Å². The highest BCUT2D eigenvalue weighted by molar-refractivity contribution is 5.82. The van der Waals surface area contributed by atoms with Crippen LogP contribution in [0.4, 0.5) is 4.79 Å². The van der Waals surface area contributed by atoms with Crippen LogP contribution in [0.5, 0.6) is 0 Å². The minimum atomic E-state index is -0.454. The summed E-state index contributed by atoms with van der Waals surface area (Å²) in [6, 6.07) is 9.25. The first-order valence-electron chi connectivity index (χ1n) is 8.88. The number of hydrogen-bond donors (Lipinski definition) is 1. The number of likely N-dealkylation sites (tertiary alicyclic amines) is 1. The molecule has 0 spiro atoms. The Labute approximate surface area is 149 Å². The monoisotopic (exact) mass is 347 g/mol. The molecular formula is C19H29N3O3. The Bertz CT molecular complexity index is 569. The standard InChI is InChI=1S/C19H29N3O3/c1-14(2)17(20)18(23)22-11-9-16(10-12-22)21(3)19(24)25-13-15-7-5-4-6-8-15/h4-8,14,16-17H,9-13,20H2,1-3H3/t17-/m0/s1. The molecule has 1 aliphatic heterocycles. The Hall–Kier alpha value is -2.08. The second kappa shape index (κ2) is 8.85. The van der Waals surface area contributed by atoms with Crippen molar-refractivity contribution in [2.75, 3.05) is 20.1 Å². The SMILES string of the molecule is CC(C)[C@H](N)C(=O)N1CCC(N(C)C(=O)OCc2ccccc2)CC1. The topological polar surface area (TPSA) is 75.9 Å². The van der Waals surface area contributed by atoms with Crippen LogP contribution >= 0.6 is 0 Å². The number of nitrogens with two attached hydrogens (primary N) is 1. The number of carbonyl (C=O) groups excluding carboxylic acids is 2. The molecule has 2 amide bonds. The molecule has 0 bridgehead atoms. The summed E-state index contributed by atoms with van der Waals surface area (Å²) in [5.74, 6) is 0.128. The Morgan fingerprint density at radius 1 is 1.24 bits per heavy atom. The van der Waals surface area contributed by atoms with E-state index in [1.54, 1.807) is 11.9 Å². The van der Waals surface area contributed by atoms with Gasteiger partial charge in [0, 0.05) is 26.2 Å². The quantitative estimate of drug-likeness (QED) is 0.886. The van der Waals surface area contributed by atoms with Gasteiger partial charge >= 0.3 is 6.09 Å². The van der Waals surface area contributed by atoms with Crippen LogP contribution < -0.4 is 5.73 Å². The summed E-state index contributed by atoms with van der Waals surface area (Å²) in [6.45, 7) is 5.42. The number of hydrogen-bond acceptors (Lipinski definition) is 4. The van der Waals surface area contributed by atoms with E-state index in [4.69, 9.17) is 10.5 Å². The first-order valence-corrected chi connectivity index (χ1v) is 8.88. The predicted molar refractivity (Wildman–Crippen MR) is 96.8 cm³/mol. The van der Waals surface area contributed by atoms with Crippen molar-refractivity contribution in [2.24, 2.45) is 11.7 Å². The van der Waals surface area contributed by atoms with E-state index in [9.17, 15) is 9.59 Å². The number of rotatable bonds is 5. The van der Waals surface area contributed by atoms with E-state index in [-0.39, 0.29) is 30.6 Å². The van der Waals surface area contributed by atoms with E-state index in [0.29, 0.717) is 13.1 Å². The van der Waals surface area contributed by atoms with Gasteiger partial charge in [0.2, 0.25) is 5.91 Å². The lowest BCUT2D eigenvalue weighted by Crippen LogP contribution is -2.52. The summed E-state index contributed by atoms with van der Waals surface area (Å²) in [4.78, 5) is 28.0. The second-order valence-electron chi connectivity index (χ2n) is 6.98. The van der Waals surface area contributed by atoms with Crippen molar-refractivity contribution in [3.05, 3.63) is 35.9 Å². The van der Waals surface area contributed by atoms with Gasteiger partial charge in [-0.15, -0.1) is 0 Å². The Balaban J connectivity index is 1.79. The fourth-order valence-corrected chi connectivity index (χ4v) is 2.94. The molecule has 1 fully saturated rings. The first-order chi connectivity index (χ1) is 11.9. The lowest BCUT2D eigenvalue weighted by atomic mass is 10.00. The zero-order valence-electron chi connectivity index (χ0n) is 15.4. The molecule has 1 aliphatic rings. The van der Waals surface area contributed by atoms with Crippen molar-refractivity contribution < 1.29 is 14.3 Å². The van der Waals surface area contributed by atoms with Crippen LogP contribution in [0.15, 0.2) is 30.3 Å². The Morgan fingerprint density at radius 3 is 2.40 bits per heavy atom. The molecule has 1 saturated heterocycles. The summed E-state index contributed by atoms with van der Waals surface area (Å²) < 4.78 is 5.37.